The van der Waals surface area contributed by atoms with Crippen LogP contribution in [0, 0.1) is 0 Å². The molecular weight excluding hydrogens is 446 g/mol. The molecule has 0 aliphatic carbocycles. The quantitative estimate of drug-likeness (QED) is 0.449. The van der Waals surface area contributed by atoms with E-state index in [1.807, 2.05) is 17.0 Å². The lowest BCUT2D eigenvalue weighted by Crippen LogP contribution is -2.35. The number of halogens is 1. The molecule has 0 saturated heterocycles. The van der Waals surface area contributed by atoms with E-state index in [4.69, 9.17) is 4.42 Å². The van der Waals surface area contributed by atoms with E-state index in [2.05, 4.69) is 32.3 Å². The molecule has 30 heavy (non-hydrogen) atoms. The summed E-state index contributed by atoms with van der Waals surface area (Å²) in [7, 11) is 0. The second-order valence-electron chi connectivity index (χ2n) is 7.23. The van der Waals surface area contributed by atoms with Crippen molar-refractivity contribution in [2.45, 2.75) is 13.0 Å². The van der Waals surface area contributed by atoms with Gasteiger partial charge in [0.1, 0.15) is 0 Å². The monoisotopic (exact) mass is 463 g/mol. The highest BCUT2D eigenvalue weighted by atomic mass is 79.9. The minimum Gasteiger partial charge on any atom is -0.459 e. The number of H-pyrrole nitrogens is 1. The van der Waals surface area contributed by atoms with Crippen molar-refractivity contribution >= 4 is 44.3 Å². The molecule has 0 bridgehead atoms. The van der Waals surface area contributed by atoms with Gasteiger partial charge in [0.2, 0.25) is 0 Å². The molecule has 3 heterocycles. The molecule has 0 atom stereocenters. The Kier molecular flexibility index (Phi) is 4.67. The van der Waals surface area contributed by atoms with Crippen molar-refractivity contribution in [3.63, 3.8) is 0 Å². The van der Waals surface area contributed by atoms with Gasteiger partial charge in [0.05, 0.1) is 11.8 Å². The van der Waals surface area contributed by atoms with E-state index in [0.29, 0.717) is 24.3 Å². The Morgan fingerprint density at radius 1 is 1.07 bits per heavy atom. The van der Waals surface area contributed by atoms with Crippen molar-refractivity contribution in [2.24, 2.45) is 0 Å². The van der Waals surface area contributed by atoms with Crippen LogP contribution in [0.25, 0.3) is 10.9 Å². The number of nitrogens with one attached hydrogen (secondary N) is 2. The van der Waals surface area contributed by atoms with Gasteiger partial charge in [-0.3, -0.25) is 9.59 Å². The molecule has 0 spiro atoms. The predicted octanol–water partition coefficient (Wildman–Crippen LogP) is 4.97. The van der Waals surface area contributed by atoms with E-state index >= 15 is 0 Å². The third-order valence-electron chi connectivity index (χ3n) is 5.38. The highest BCUT2D eigenvalue weighted by Gasteiger charge is 2.25. The number of amides is 2. The van der Waals surface area contributed by atoms with Crippen molar-refractivity contribution in [3.05, 3.63) is 87.9 Å². The first-order valence-corrected chi connectivity index (χ1v) is 10.4. The fourth-order valence-electron chi connectivity index (χ4n) is 3.85. The zero-order valence-electron chi connectivity index (χ0n) is 15.9. The number of anilines is 1. The summed E-state index contributed by atoms with van der Waals surface area (Å²) in [6, 6.07) is 16.3. The number of para-hydroxylation sites is 1. The Bertz CT molecular complexity index is 1240. The molecule has 1 aliphatic heterocycles. The summed E-state index contributed by atoms with van der Waals surface area (Å²) in [4.78, 5) is 30.5. The summed E-state index contributed by atoms with van der Waals surface area (Å²) in [5.41, 5.74) is 4.64. The second-order valence-corrected chi connectivity index (χ2v) is 8.08. The number of carbonyl (C=O) groups is 2. The lowest BCUT2D eigenvalue weighted by Gasteiger charge is -2.27. The largest absolute Gasteiger partial charge is 0.459 e. The first-order valence-electron chi connectivity index (χ1n) is 9.62. The van der Waals surface area contributed by atoms with Gasteiger partial charge in [-0.15, -0.1) is 0 Å². The molecule has 1 aliphatic rings. The van der Waals surface area contributed by atoms with Gasteiger partial charge in [-0.1, -0.05) is 12.1 Å². The number of aromatic amines is 1. The van der Waals surface area contributed by atoms with Gasteiger partial charge in [-0.2, -0.15) is 0 Å². The Balaban J connectivity index is 1.32. The fraction of sp³-hybridized carbons (Fsp3) is 0.130. The molecule has 7 heteroatoms. The number of benzene rings is 2. The van der Waals surface area contributed by atoms with Crippen LogP contribution in [-0.4, -0.2) is 28.2 Å². The summed E-state index contributed by atoms with van der Waals surface area (Å²) < 4.78 is 6.12. The number of aromatic nitrogens is 1. The Morgan fingerprint density at radius 3 is 2.67 bits per heavy atom. The highest BCUT2D eigenvalue weighted by molar-refractivity contribution is 9.10. The van der Waals surface area contributed by atoms with Gasteiger partial charge >= 0.3 is 0 Å². The lowest BCUT2D eigenvalue weighted by atomic mass is 10.0. The zero-order valence-corrected chi connectivity index (χ0v) is 17.5. The van der Waals surface area contributed by atoms with Crippen LogP contribution in [0.15, 0.2) is 69.8 Å². The number of carbonyl (C=O) groups excluding carboxylic acids is 2. The zero-order chi connectivity index (χ0) is 20.7. The van der Waals surface area contributed by atoms with Crippen LogP contribution in [0.4, 0.5) is 5.69 Å². The minimum atomic E-state index is -0.326. The maximum Gasteiger partial charge on any atom is 0.291 e. The average Bonchev–Trinajstić information content (AvgIpc) is 3.42. The summed E-state index contributed by atoms with van der Waals surface area (Å²) >= 11 is 3.59. The van der Waals surface area contributed by atoms with Crippen molar-refractivity contribution < 1.29 is 14.0 Å². The summed E-state index contributed by atoms with van der Waals surface area (Å²) in [6.07, 6.45) is 2.24. The maximum absolute atomic E-state index is 13.1. The Labute approximate surface area is 181 Å². The number of hydrogen-bond donors (Lipinski definition) is 2. The molecule has 0 unspecified atom stereocenters. The number of fused-ring (bicyclic) bond motifs is 3. The standard InChI is InChI=1S/C23H18BrN3O3/c24-18-4-1-3-16-17-13-27(11-10-19(17)26-21(16)18)23(29)14-6-8-15(9-7-14)25-22(28)20-5-2-12-30-20/h1-9,12,26H,10-11,13H2,(H,25,28). The Morgan fingerprint density at radius 2 is 1.90 bits per heavy atom. The topological polar surface area (TPSA) is 78.3 Å². The van der Waals surface area contributed by atoms with Crippen LogP contribution < -0.4 is 5.32 Å². The number of rotatable bonds is 3. The molecule has 0 saturated carbocycles. The molecule has 0 fully saturated rings. The predicted molar refractivity (Wildman–Crippen MR) is 118 cm³/mol. The molecule has 5 rings (SSSR count). The van der Waals surface area contributed by atoms with Gasteiger partial charge in [0.15, 0.2) is 5.76 Å². The smallest absolute Gasteiger partial charge is 0.291 e. The molecular formula is C23H18BrN3O3. The first kappa shape index (κ1) is 18.7. The van der Waals surface area contributed by atoms with Crippen molar-refractivity contribution in [1.82, 2.24) is 9.88 Å². The normalized spacial score (nSPS) is 13.3. The molecule has 150 valence electrons. The van der Waals surface area contributed by atoms with Crippen LogP contribution in [0.1, 0.15) is 32.2 Å². The van der Waals surface area contributed by atoms with Gasteiger partial charge in [0.25, 0.3) is 11.8 Å². The number of nitrogens with zero attached hydrogens (tertiary/aromatic N) is 1. The SMILES string of the molecule is O=C(Nc1ccc(C(=O)N2CCc3[nH]c4c(Br)cccc4c3C2)cc1)c1ccco1. The fourth-order valence-corrected chi connectivity index (χ4v) is 4.32. The third-order valence-corrected chi connectivity index (χ3v) is 6.04. The van der Waals surface area contributed by atoms with Gasteiger partial charge in [-0.25, -0.2) is 0 Å². The van der Waals surface area contributed by atoms with Crippen molar-refractivity contribution in [1.29, 1.82) is 0 Å². The molecule has 2 aromatic carbocycles. The average molecular weight is 464 g/mol. The number of furan rings is 1. The summed E-state index contributed by atoms with van der Waals surface area (Å²) in [6.45, 7) is 1.23. The van der Waals surface area contributed by atoms with Crippen molar-refractivity contribution in [3.8, 4) is 0 Å². The van der Waals surface area contributed by atoms with Crippen LogP contribution in [0.5, 0.6) is 0 Å². The molecule has 2 amide bonds. The van der Waals surface area contributed by atoms with E-state index in [-0.39, 0.29) is 17.6 Å². The van der Waals surface area contributed by atoms with E-state index in [1.165, 1.54) is 17.5 Å². The molecule has 0 radical (unpaired) electrons. The van der Waals surface area contributed by atoms with Gasteiger partial charge < -0.3 is 19.6 Å². The van der Waals surface area contributed by atoms with Gasteiger partial charge in [0, 0.05) is 51.9 Å². The van der Waals surface area contributed by atoms with Crippen molar-refractivity contribution in [2.75, 3.05) is 11.9 Å². The molecule has 4 aromatic rings. The van der Waals surface area contributed by atoms with Crippen LogP contribution >= 0.6 is 15.9 Å². The van der Waals surface area contributed by atoms with E-state index in [0.717, 1.165) is 21.8 Å². The van der Waals surface area contributed by atoms with Crippen LogP contribution in [0.3, 0.4) is 0 Å². The summed E-state index contributed by atoms with van der Waals surface area (Å²) in [5.74, 6) is -0.105. The third kappa shape index (κ3) is 3.31. The molecule has 2 aromatic heterocycles. The van der Waals surface area contributed by atoms with E-state index in [9.17, 15) is 9.59 Å². The van der Waals surface area contributed by atoms with Gasteiger partial charge in [-0.05, 0) is 58.4 Å². The second kappa shape index (κ2) is 7.50. The highest BCUT2D eigenvalue weighted by Crippen LogP contribution is 2.32. The number of hydrogen-bond acceptors (Lipinski definition) is 3. The van der Waals surface area contributed by atoms with E-state index < -0.39 is 0 Å². The Hall–Kier alpha value is -3.32. The lowest BCUT2D eigenvalue weighted by molar-refractivity contribution is 0.0735. The van der Waals surface area contributed by atoms with Crippen LogP contribution in [-0.2, 0) is 13.0 Å². The summed E-state index contributed by atoms with van der Waals surface area (Å²) in [5, 5.41) is 3.90. The van der Waals surface area contributed by atoms with Crippen LogP contribution in [0.2, 0.25) is 0 Å². The molecule has 2 N–H and O–H groups in total. The first-order chi connectivity index (χ1) is 14.6. The molecule has 6 nitrogen and oxygen atoms in total. The minimum absolute atomic E-state index is 0.0195. The maximum atomic E-state index is 13.1. The van der Waals surface area contributed by atoms with E-state index in [1.54, 1.807) is 36.4 Å².